The summed E-state index contributed by atoms with van der Waals surface area (Å²) in [6.45, 7) is 2.03. The van der Waals surface area contributed by atoms with E-state index in [1.54, 1.807) is 12.1 Å². The highest BCUT2D eigenvalue weighted by molar-refractivity contribution is 6.17. The van der Waals surface area contributed by atoms with Crippen molar-refractivity contribution in [2.75, 3.05) is 0 Å². The van der Waals surface area contributed by atoms with Crippen molar-refractivity contribution >= 4 is 11.6 Å². The van der Waals surface area contributed by atoms with E-state index in [0.717, 1.165) is 12.0 Å². The van der Waals surface area contributed by atoms with E-state index >= 15 is 0 Å². The van der Waals surface area contributed by atoms with Gasteiger partial charge in [0.2, 0.25) is 0 Å². The Morgan fingerprint density at radius 1 is 1.00 bits per heavy atom. The zero-order valence-electron chi connectivity index (χ0n) is 10.4. The van der Waals surface area contributed by atoms with E-state index in [1.165, 1.54) is 12.1 Å². The number of benzene rings is 2. The molecule has 2 aromatic rings. The highest BCUT2D eigenvalue weighted by Crippen LogP contribution is 2.29. The Bertz CT molecular complexity index is 544. The van der Waals surface area contributed by atoms with Crippen LogP contribution < -0.4 is 4.74 Å². The van der Waals surface area contributed by atoms with E-state index < -0.39 is 17.4 Å². The van der Waals surface area contributed by atoms with Crippen LogP contribution in [0.3, 0.4) is 0 Å². The summed E-state index contributed by atoms with van der Waals surface area (Å²) >= 11 is 5.54. The lowest BCUT2D eigenvalue weighted by molar-refractivity contribution is 0.406. The number of halogens is 3. The zero-order valence-corrected chi connectivity index (χ0v) is 11.2. The van der Waals surface area contributed by atoms with Crippen LogP contribution >= 0.6 is 11.6 Å². The van der Waals surface area contributed by atoms with Crippen molar-refractivity contribution in [3.63, 3.8) is 0 Å². The van der Waals surface area contributed by atoms with Crippen molar-refractivity contribution in [1.29, 1.82) is 0 Å². The Hall–Kier alpha value is -1.61. The molecule has 0 aromatic heterocycles. The van der Waals surface area contributed by atoms with E-state index in [0.29, 0.717) is 11.3 Å². The van der Waals surface area contributed by atoms with Gasteiger partial charge in [0.15, 0.2) is 17.4 Å². The second kappa shape index (κ2) is 6.02. The van der Waals surface area contributed by atoms with Crippen molar-refractivity contribution in [3.8, 4) is 11.5 Å². The fraction of sp³-hybridized carbons (Fsp3) is 0.200. The molecule has 0 aliphatic rings. The molecule has 100 valence electrons. The molecule has 0 bridgehead atoms. The van der Waals surface area contributed by atoms with Gasteiger partial charge in [-0.3, -0.25) is 0 Å². The van der Waals surface area contributed by atoms with Crippen LogP contribution in [0.15, 0.2) is 36.4 Å². The van der Waals surface area contributed by atoms with E-state index in [-0.39, 0.29) is 5.88 Å². The van der Waals surface area contributed by atoms with Gasteiger partial charge in [-0.25, -0.2) is 8.78 Å². The maximum Gasteiger partial charge on any atom is 0.198 e. The summed E-state index contributed by atoms with van der Waals surface area (Å²) in [6, 6.07) is 9.44. The maximum atomic E-state index is 13.7. The van der Waals surface area contributed by atoms with E-state index in [4.69, 9.17) is 16.3 Å². The van der Waals surface area contributed by atoms with Gasteiger partial charge in [-0.1, -0.05) is 19.1 Å². The monoisotopic (exact) mass is 282 g/mol. The van der Waals surface area contributed by atoms with Gasteiger partial charge in [0.25, 0.3) is 0 Å². The molecule has 2 rings (SSSR count). The SMILES string of the molecule is CCc1ccc(Oc2c(F)cc(CCl)cc2F)cc1. The fourth-order valence-electron chi connectivity index (χ4n) is 1.70. The van der Waals surface area contributed by atoms with Crippen LogP contribution in [0.2, 0.25) is 0 Å². The van der Waals surface area contributed by atoms with Crippen LogP contribution in [0.1, 0.15) is 18.1 Å². The third kappa shape index (κ3) is 3.24. The molecule has 1 nitrogen and oxygen atoms in total. The van der Waals surface area contributed by atoms with Crippen LogP contribution in [0.4, 0.5) is 8.78 Å². The summed E-state index contributed by atoms with van der Waals surface area (Å²) in [5.41, 5.74) is 1.51. The first-order valence-corrected chi connectivity index (χ1v) is 6.48. The summed E-state index contributed by atoms with van der Waals surface area (Å²) in [5, 5.41) is 0. The minimum atomic E-state index is -0.754. The van der Waals surface area contributed by atoms with Gasteiger partial charge in [0, 0.05) is 5.88 Å². The van der Waals surface area contributed by atoms with Gasteiger partial charge in [-0.15, -0.1) is 11.6 Å². The summed E-state index contributed by atoms with van der Waals surface area (Å²) in [7, 11) is 0. The normalized spacial score (nSPS) is 10.5. The third-order valence-corrected chi connectivity index (χ3v) is 3.07. The Labute approximate surface area is 115 Å². The minimum Gasteiger partial charge on any atom is -0.451 e. The van der Waals surface area contributed by atoms with Gasteiger partial charge in [-0.05, 0) is 41.8 Å². The summed E-state index contributed by atoms with van der Waals surface area (Å²) in [4.78, 5) is 0. The topological polar surface area (TPSA) is 9.23 Å². The molecule has 0 radical (unpaired) electrons. The molecule has 0 heterocycles. The molecule has 0 amide bonds. The minimum absolute atomic E-state index is 0.0549. The number of ether oxygens (including phenoxy) is 1. The van der Waals surface area contributed by atoms with Crippen molar-refractivity contribution in [3.05, 3.63) is 59.2 Å². The molecule has 19 heavy (non-hydrogen) atoms. The second-order valence-corrected chi connectivity index (χ2v) is 4.39. The van der Waals surface area contributed by atoms with E-state index in [1.807, 2.05) is 19.1 Å². The first-order valence-electron chi connectivity index (χ1n) is 5.94. The van der Waals surface area contributed by atoms with Crippen molar-refractivity contribution < 1.29 is 13.5 Å². The van der Waals surface area contributed by atoms with E-state index in [9.17, 15) is 8.78 Å². The second-order valence-electron chi connectivity index (χ2n) is 4.12. The molecule has 2 aromatic carbocycles. The van der Waals surface area contributed by atoms with Crippen LogP contribution in [0.25, 0.3) is 0 Å². The van der Waals surface area contributed by atoms with E-state index in [2.05, 4.69) is 0 Å². The van der Waals surface area contributed by atoms with Gasteiger partial charge >= 0.3 is 0 Å². The first-order chi connectivity index (χ1) is 9.13. The van der Waals surface area contributed by atoms with Crippen LogP contribution in [-0.4, -0.2) is 0 Å². The quantitative estimate of drug-likeness (QED) is 0.712. The molecular weight excluding hydrogens is 270 g/mol. The lowest BCUT2D eigenvalue weighted by Crippen LogP contribution is -1.95. The third-order valence-electron chi connectivity index (χ3n) is 2.76. The predicted molar refractivity (Wildman–Crippen MR) is 71.8 cm³/mol. The molecule has 4 heteroatoms. The van der Waals surface area contributed by atoms with Gasteiger partial charge < -0.3 is 4.74 Å². The molecular formula is C15H13ClF2O. The van der Waals surface area contributed by atoms with Crippen molar-refractivity contribution in [1.82, 2.24) is 0 Å². The number of alkyl halides is 1. The standard InChI is InChI=1S/C15H13ClF2O/c1-2-10-3-5-12(6-4-10)19-15-13(17)7-11(9-16)8-14(15)18/h3-8H,2,9H2,1H3. The average Bonchev–Trinajstić information content (AvgIpc) is 2.43. The first kappa shape index (κ1) is 13.8. The van der Waals surface area contributed by atoms with Crippen molar-refractivity contribution in [2.24, 2.45) is 0 Å². The largest absolute Gasteiger partial charge is 0.451 e. The summed E-state index contributed by atoms with van der Waals surface area (Å²) < 4.78 is 32.7. The van der Waals surface area contributed by atoms with Crippen molar-refractivity contribution in [2.45, 2.75) is 19.2 Å². The fourth-order valence-corrected chi connectivity index (χ4v) is 1.85. The highest BCUT2D eigenvalue weighted by atomic mass is 35.5. The molecule has 0 atom stereocenters. The number of hydrogen-bond donors (Lipinski definition) is 0. The molecule has 0 N–H and O–H groups in total. The Morgan fingerprint density at radius 2 is 1.58 bits per heavy atom. The molecule has 0 saturated heterocycles. The molecule has 0 aliphatic heterocycles. The Kier molecular flexibility index (Phi) is 4.38. The predicted octanol–water partition coefficient (Wildman–Crippen LogP) is 5.06. The molecule has 0 saturated carbocycles. The number of hydrogen-bond acceptors (Lipinski definition) is 1. The average molecular weight is 283 g/mol. The maximum absolute atomic E-state index is 13.7. The lowest BCUT2D eigenvalue weighted by Gasteiger charge is -2.09. The lowest BCUT2D eigenvalue weighted by atomic mass is 10.2. The van der Waals surface area contributed by atoms with Crippen LogP contribution in [0.5, 0.6) is 11.5 Å². The number of aryl methyl sites for hydroxylation is 1. The molecule has 0 aliphatic carbocycles. The highest BCUT2D eigenvalue weighted by Gasteiger charge is 2.13. The smallest absolute Gasteiger partial charge is 0.198 e. The Balaban J connectivity index is 2.27. The van der Waals surface area contributed by atoms with Gasteiger partial charge in [-0.2, -0.15) is 0 Å². The van der Waals surface area contributed by atoms with Gasteiger partial charge in [0.1, 0.15) is 5.75 Å². The van der Waals surface area contributed by atoms with Crippen LogP contribution in [0, 0.1) is 11.6 Å². The summed E-state index contributed by atoms with van der Waals surface area (Å²) in [6.07, 6.45) is 0.896. The Morgan fingerprint density at radius 3 is 2.05 bits per heavy atom. The molecule has 0 spiro atoms. The summed E-state index contributed by atoms with van der Waals surface area (Å²) in [5.74, 6) is -1.46. The number of rotatable bonds is 4. The molecule has 0 unspecified atom stereocenters. The molecule has 0 fully saturated rings. The van der Waals surface area contributed by atoms with Crippen LogP contribution in [-0.2, 0) is 12.3 Å². The zero-order chi connectivity index (χ0) is 13.8. The van der Waals surface area contributed by atoms with Gasteiger partial charge in [0.05, 0.1) is 0 Å².